The Bertz CT molecular complexity index is 686. The summed E-state index contributed by atoms with van der Waals surface area (Å²) in [7, 11) is -1.69. The molecule has 1 unspecified atom stereocenters. The molecule has 126 valence electrons. The third-order valence-corrected chi connectivity index (χ3v) is 5.75. The Labute approximate surface area is 137 Å². The van der Waals surface area contributed by atoms with Crippen molar-refractivity contribution < 1.29 is 22.9 Å². The van der Waals surface area contributed by atoms with E-state index in [-0.39, 0.29) is 10.5 Å². The van der Waals surface area contributed by atoms with Crippen LogP contribution in [0.1, 0.15) is 37.7 Å². The maximum atomic E-state index is 11.6. The fraction of sp³-hybridized carbons (Fsp3) is 0.529. The monoisotopic (exact) mass is 338 g/mol. The summed E-state index contributed by atoms with van der Waals surface area (Å²) in [5, 5.41) is 0. The third kappa shape index (κ3) is 3.21. The second-order valence-electron chi connectivity index (χ2n) is 6.29. The van der Waals surface area contributed by atoms with Crippen molar-refractivity contribution >= 4 is 9.84 Å². The molecule has 1 atom stereocenters. The number of benzene rings is 1. The van der Waals surface area contributed by atoms with E-state index in [0.29, 0.717) is 5.56 Å². The lowest BCUT2D eigenvalue weighted by Gasteiger charge is -2.41. The second kappa shape index (κ2) is 6.02. The predicted molar refractivity (Wildman–Crippen MR) is 85.4 cm³/mol. The van der Waals surface area contributed by atoms with E-state index in [1.807, 2.05) is 12.2 Å². The van der Waals surface area contributed by atoms with Gasteiger partial charge in [-0.1, -0.05) is 31.4 Å². The Morgan fingerprint density at radius 2 is 1.65 bits per heavy atom. The van der Waals surface area contributed by atoms with Crippen LogP contribution in [0.2, 0.25) is 0 Å². The van der Waals surface area contributed by atoms with Crippen LogP contribution in [0, 0.1) is 0 Å². The minimum atomic E-state index is -3.23. The summed E-state index contributed by atoms with van der Waals surface area (Å²) >= 11 is 0. The van der Waals surface area contributed by atoms with E-state index >= 15 is 0 Å². The molecule has 0 bridgehead atoms. The number of hydrogen-bond donors (Lipinski definition) is 0. The largest absolute Gasteiger partial charge is 0.344 e. The first-order valence-corrected chi connectivity index (χ1v) is 9.71. The van der Waals surface area contributed by atoms with E-state index in [9.17, 15) is 8.42 Å². The Balaban J connectivity index is 1.89. The quantitative estimate of drug-likeness (QED) is 0.626. The average Bonchev–Trinajstić information content (AvgIpc) is 2.56. The van der Waals surface area contributed by atoms with Gasteiger partial charge in [0.1, 0.15) is 5.60 Å². The summed E-state index contributed by atoms with van der Waals surface area (Å²) in [6, 6.07) is 6.47. The van der Waals surface area contributed by atoms with Gasteiger partial charge in [-0.2, -0.15) is 4.89 Å². The van der Waals surface area contributed by atoms with Crippen LogP contribution in [0.25, 0.3) is 0 Å². The highest BCUT2D eigenvalue weighted by atomic mass is 32.2. The first kappa shape index (κ1) is 16.6. The standard InChI is InChI=1S/C17H22O5S/c1-20-17(14-6-8-15(9-7-14)23(2,18)19)13-12-16(21-22-17)10-4-3-5-11-16/h6-9,12-13H,3-5,10-11H2,1-2H3. The second-order valence-corrected chi connectivity index (χ2v) is 8.31. The van der Waals surface area contributed by atoms with Crippen LogP contribution in [-0.2, 0) is 30.1 Å². The van der Waals surface area contributed by atoms with E-state index in [2.05, 4.69) is 0 Å². The highest BCUT2D eigenvalue weighted by molar-refractivity contribution is 7.90. The topological polar surface area (TPSA) is 61.8 Å². The molecule has 6 heteroatoms. The first-order chi connectivity index (χ1) is 10.9. The summed E-state index contributed by atoms with van der Waals surface area (Å²) in [5.41, 5.74) is 0.335. The maximum absolute atomic E-state index is 11.6. The van der Waals surface area contributed by atoms with Gasteiger partial charge in [-0.15, -0.1) is 0 Å². The zero-order chi connectivity index (χ0) is 16.6. The summed E-state index contributed by atoms with van der Waals surface area (Å²) in [4.78, 5) is 11.7. The smallest absolute Gasteiger partial charge is 0.246 e. The molecule has 0 radical (unpaired) electrons. The number of rotatable bonds is 3. The molecule has 2 aliphatic rings. The van der Waals surface area contributed by atoms with Gasteiger partial charge in [-0.25, -0.2) is 13.3 Å². The molecule has 23 heavy (non-hydrogen) atoms. The molecule has 1 aliphatic heterocycles. The molecule has 0 N–H and O–H groups in total. The molecule has 3 rings (SSSR count). The van der Waals surface area contributed by atoms with Crippen molar-refractivity contribution in [2.45, 2.75) is 48.4 Å². The van der Waals surface area contributed by atoms with Gasteiger partial charge < -0.3 is 4.74 Å². The molecule has 5 nitrogen and oxygen atoms in total. The van der Waals surface area contributed by atoms with Crippen molar-refractivity contribution in [2.75, 3.05) is 13.4 Å². The summed E-state index contributed by atoms with van der Waals surface area (Å²) in [6.07, 6.45) is 10.4. The molecule has 1 fully saturated rings. The van der Waals surface area contributed by atoms with Crippen LogP contribution >= 0.6 is 0 Å². The van der Waals surface area contributed by atoms with Crippen LogP contribution in [0.5, 0.6) is 0 Å². The van der Waals surface area contributed by atoms with Gasteiger partial charge in [-0.3, -0.25) is 0 Å². The van der Waals surface area contributed by atoms with Gasteiger partial charge in [-0.05, 0) is 37.1 Å². The van der Waals surface area contributed by atoms with E-state index in [1.165, 1.54) is 19.8 Å². The van der Waals surface area contributed by atoms with Crippen molar-refractivity contribution in [3.05, 3.63) is 42.0 Å². The predicted octanol–water partition coefficient (Wildman–Crippen LogP) is 3.11. The molecule has 1 aliphatic carbocycles. The van der Waals surface area contributed by atoms with Crippen LogP contribution < -0.4 is 0 Å². The lowest BCUT2D eigenvalue weighted by molar-refractivity contribution is -0.459. The van der Waals surface area contributed by atoms with Crippen LogP contribution in [0.15, 0.2) is 41.3 Å². The van der Waals surface area contributed by atoms with Crippen molar-refractivity contribution in [1.29, 1.82) is 0 Å². The lowest BCUT2D eigenvalue weighted by atomic mass is 9.83. The Kier molecular flexibility index (Phi) is 4.35. The molecule has 1 aromatic rings. The van der Waals surface area contributed by atoms with Gasteiger partial charge >= 0.3 is 0 Å². The molecule has 1 aromatic carbocycles. The zero-order valence-corrected chi connectivity index (χ0v) is 14.3. The van der Waals surface area contributed by atoms with Gasteiger partial charge in [0.25, 0.3) is 0 Å². The van der Waals surface area contributed by atoms with E-state index < -0.39 is 15.6 Å². The van der Waals surface area contributed by atoms with Gasteiger partial charge in [0.05, 0.1) is 4.90 Å². The molecule has 0 aromatic heterocycles. The van der Waals surface area contributed by atoms with Gasteiger partial charge in [0.2, 0.25) is 5.79 Å². The Morgan fingerprint density at radius 1 is 1.00 bits per heavy atom. The fourth-order valence-electron chi connectivity index (χ4n) is 3.16. The normalized spacial score (nSPS) is 27.2. The van der Waals surface area contributed by atoms with Crippen LogP contribution in [0.3, 0.4) is 0 Å². The van der Waals surface area contributed by atoms with Gasteiger partial charge in [0.15, 0.2) is 9.84 Å². The highest BCUT2D eigenvalue weighted by Gasteiger charge is 2.43. The zero-order valence-electron chi connectivity index (χ0n) is 13.4. The molecular formula is C17H22O5S. The summed E-state index contributed by atoms with van der Waals surface area (Å²) < 4.78 is 28.7. The number of hydrogen-bond acceptors (Lipinski definition) is 5. The minimum Gasteiger partial charge on any atom is -0.344 e. The lowest BCUT2D eigenvalue weighted by Crippen LogP contribution is -2.43. The number of sulfone groups is 1. The van der Waals surface area contributed by atoms with Gasteiger partial charge in [0, 0.05) is 18.9 Å². The van der Waals surface area contributed by atoms with E-state index in [0.717, 1.165) is 25.7 Å². The van der Waals surface area contributed by atoms with Crippen LogP contribution in [0.4, 0.5) is 0 Å². The average molecular weight is 338 g/mol. The Hall–Kier alpha value is -1.21. The van der Waals surface area contributed by atoms with E-state index in [1.54, 1.807) is 24.3 Å². The first-order valence-electron chi connectivity index (χ1n) is 7.82. The highest BCUT2D eigenvalue weighted by Crippen LogP contribution is 2.42. The Morgan fingerprint density at radius 3 is 2.13 bits per heavy atom. The van der Waals surface area contributed by atoms with Crippen molar-refractivity contribution in [3.8, 4) is 0 Å². The molecular weight excluding hydrogens is 316 g/mol. The molecule has 1 spiro atoms. The van der Waals surface area contributed by atoms with Crippen molar-refractivity contribution in [1.82, 2.24) is 0 Å². The summed E-state index contributed by atoms with van der Waals surface area (Å²) in [6.45, 7) is 0. The van der Waals surface area contributed by atoms with E-state index in [4.69, 9.17) is 14.5 Å². The minimum absolute atomic E-state index is 0.261. The third-order valence-electron chi connectivity index (χ3n) is 4.63. The molecule has 1 saturated carbocycles. The number of ether oxygens (including phenoxy) is 1. The van der Waals surface area contributed by atoms with Crippen molar-refractivity contribution in [3.63, 3.8) is 0 Å². The molecule has 1 heterocycles. The SMILES string of the molecule is COC1(c2ccc(S(C)(=O)=O)cc2)C=CC2(CCCCC2)OO1. The van der Waals surface area contributed by atoms with Crippen molar-refractivity contribution in [2.24, 2.45) is 0 Å². The molecule has 0 saturated heterocycles. The maximum Gasteiger partial charge on any atom is 0.246 e. The van der Waals surface area contributed by atoms with Crippen LogP contribution in [-0.4, -0.2) is 27.4 Å². The summed E-state index contributed by atoms with van der Waals surface area (Å²) in [5.74, 6) is -1.14. The number of methoxy groups -OCH3 is 1. The fourth-order valence-corrected chi connectivity index (χ4v) is 3.79. The molecule has 0 amide bonds.